The molecule has 1 aromatic rings. The molecule has 1 unspecified atom stereocenters. The summed E-state index contributed by atoms with van der Waals surface area (Å²) >= 11 is 0. The zero-order valence-corrected chi connectivity index (χ0v) is 11.2. The van der Waals surface area contributed by atoms with Crippen molar-refractivity contribution in [1.29, 1.82) is 0 Å². The van der Waals surface area contributed by atoms with E-state index in [9.17, 15) is 0 Å². The summed E-state index contributed by atoms with van der Waals surface area (Å²) in [7, 11) is 0. The van der Waals surface area contributed by atoms with Crippen molar-refractivity contribution in [2.45, 2.75) is 38.6 Å². The Hall–Kier alpha value is -1.51. The molecule has 1 aliphatic rings. The minimum Gasteiger partial charge on any atom is -0.370 e. The number of hydrogen-bond donors (Lipinski definition) is 1. The van der Waals surface area contributed by atoms with Crippen molar-refractivity contribution in [2.75, 3.05) is 13.1 Å². The van der Waals surface area contributed by atoms with Gasteiger partial charge in [-0.15, -0.1) is 0 Å². The molecular weight excluding hydrogens is 222 g/mol. The lowest BCUT2D eigenvalue weighted by Crippen LogP contribution is -2.37. The van der Waals surface area contributed by atoms with Gasteiger partial charge in [0.05, 0.1) is 6.04 Å². The van der Waals surface area contributed by atoms with Crippen molar-refractivity contribution < 1.29 is 0 Å². The lowest BCUT2D eigenvalue weighted by Gasteiger charge is -2.26. The molecule has 18 heavy (non-hydrogen) atoms. The van der Waals surface area contributed by atoms with Gasteiger partial charge in [0.25, 0.3) is 0 Å². The Kier molecular flexibility index (Phi) is 4.62. The molecule has 0 aromatic heterocycles. The minimum atomic E-state index is 0.413. The maximum absolute atomic E-state index is 6.12. The van der Waals surface area contributed by atoms with Crippen molar-refractivity contribution >= 4 is 5.96 Å². The fourth-order valence-corrected chi connectivity index (χ4v) is 2.51. The molecule has 2 rings (SSSR count). The van der Waals surface area contributed by atoms with Crippen molar-refractivity contribution in [2.24, 2.45) is 10.7 Å². The molecule has 0 aliphatic carbocycles. The van der Waals surface area contributed by atoms with Gasteiger partial charge in [-0.1, -0.05) is 43.7 Å². The second-order valence-electron chi connectivity index (χ2n) is 4.86. The number of benzene rings is 1. The van der Waals surface area contributed by atoms with Gasteiger partial charge in [0.2, 0.25) is 0 Å². The van der Waals surface area contributed by atoms with Crippen molar-refractivity contribution in [3.05, 3.63) is 35.9 Å². The average Bonchev–Trinajstić information content (AvgIpc) is 2.89. The first-order valence-corrected chi connectivity index (χ1v) is 6.94. The zero-order valence-electron chi connectivity index (χ0n) is 11.2. The third-order valence-corrected chi connectivity index (χ3v) is 3.52. The van der Waals surface area contributed by atoms with Gasteiger partial charge in [-0.3, -0.25) is 4.99 Å². The van der Waals surface area contributed by atoms with Gasteiger partial charge in [-0.2, -0.15) is 0 Å². The van der Waals surface area contributed by atoms with Crippen LogP contribution in [-0.4, -0.2) is 23.9 Å². The molecule has 1 heterocycles. The number of likely N-dealkylation sites (tertiary alicyclic amines) is 1. The maximum Gasteiger partial charge on any atom is 0.191 e. The van der Waals surface area contributed by atoms with Gasteiger partial charge in [0.1, 0.15) is 0 Å². The van der Waals surface area contributed by atoms with Crippen LogP contribution in [0.25, 0.3) is 0 Å². The number of rotatable bonds is 4. The summed E-state index contributed by atoms with van der Waals surface area (Å²) in [6.45, 7) is 4.05. The summed E-state index contributed by atoms with van der Waals surface area (Å²) in [4.78, 5) is 6.75. The number of nitrogens with two attached hydrogens (primary N) is 1. The standard InChI is InChI=1S/C15H23N3/c1-2-3-11-17-15(16)18-12-7-10-14(18)13-8-5-4-6-9-13/h4-6,8-9,14H,2-3,7,10-12H2,1H3,(H2,16,17). The molecule has 0 bridgehead atoms. The van der Waals surface area contributed by atoms with E-state index < -0.39 is 0 Å². The highest BCUT2D eigenvalue weighted by molar-refractivity contribution is 5.78. The van der Waals surface area contributed by atoms with Crippen LogP contribution < -0.4 is 5.73 Å². The van der Waals surface area contributed by atoms with Gasteiger partial charge in [-0.25, -0.2) is 0 Å². The maximum atomic E-state index is 6.12. The van der Waals surface area contributed by atoms with Crippen LogP contribution in [0.4, 0.5) is 0 Å². The van der Waals surface area contributed by atoms with E-state index in [4.69, 9.17) is 5.73 Å². The Bertz CT molecular complexity index is 386. The highest BCUT2D eigenvalue weighted by Gasteiger charge is 2.26. The van der Waals surface area contributed by atoms with Crippen molar-refractivity contribution in [3.8, 4) is 0 Å². The molecule has 1 aromatic carbocycles. The number of guanidine groups is 1. The molecule has 1 aliphatic heterocycles. The van der Waals surface area contributed by atoms with Gasteiger partial charge in [0, 0.05) is 13.1 Å². The van der Waals surface area contributed by atoms with Crippen LogP contribution in [0.15, 0.2) is 35.3 Å². The van der Waals surface area contributed by atoms with Crippen LogP contribution >= 0.6 is 0 Å². The molecule has 0 radical (unpaired) electrons. The van der Waals surface area contributed by atoms with Gasteiger partial charge in [-0.05, 0) is 24.8 Å². The average molecular weight is 245 g/mol. The Balaban J connectivity index is 2.06. The number of nitrogens with zero attached hydrogens (tertiary/aromatic N) is 2. The molecule has 1 fully saturated rings. The second-order valence-corrected chi connectivity index (χ2v) is 4.86. The fraction of sp³-hybridized carbons (Fsp3) is 0.533. The molecule has 98 valence electrons. The van der Waals surface area contributed by atoms with Gasteiger partial charge >= 0.3 is 0 Å². The molecule has 3 nitrogen and oxygen atoms in total. The van der Waals surface area contributed by atoms with Crippen LogP contribution in [0, 0.1) is 0 Å². The van der Waals surface area contributed by atoms with Crippen LogP contribution in [-0.2, 0) is 0 Å². The quantitative estimate of drug-likeness (QED) is 0.503. The third kappa shape index (κ3) is 3.03. The van der Waals surface area contributed by atoms with Crippen LogP contribution in [0.1, 0.15) is 44.2 Å². The highest BCUT2D eigenvalue weighted by Crippen LogP contribution is 2.31. The summed E-state index contributed by atoms with van der Waals surface area (Å²) in [5.41, 5.74) is 7.47. The van der Waals surface area contributed by atoms with Gasteiger partial charge in [0.15, 0.2) is 5.96 Å². The van der Waals surface area contributed by atoms with Crippen molar-refractivity contribution in [1.82, 2.24) is 4.90 Å². The Morgan fingerprint density at radius 3 is 2.89 bits per heavy atom. The predicted molar refractivity (Wildman–Crippen MR) is 76.5 cm³/mol. The van der Waals surface area contributed by atoms with E-state index in [1.807, 2.05) is 0 Å². The molecular formula is C15H23N3. The Morgan fingerprint density at radius 1 is 1.39 bits per heavy atom. The predicted octanol–water partition coefficient (Wildman–Crippen LogP) is 2.94. The third-order valence-electron chi connectivity index (χ3n) is 3.52. The molecule has 2 N–H and O–H groups in total. The fourth-order valence-electron chi connectivity index (χ4n) is 2.51. The van der Waals surface area contributed by atoms with Crippen LogP contribution in [0.2, 0.25) is 0 Å². The van der Waals surface area contributed by atoms with E-state index in [1.54, 1.807) is 0 Å². The summed E-state index contributed by atoms with van der Waals surface area (Å²) in [6, 6.07) is 11.0. The molecule has 1 saturated heterocycles. The summed E-state index contributed by atoms with van der Waals surface area (Å²) < 4.78 is 0. The molecule has 1 atom stereocenters. The normalized spacial score (nSPS) is 20.4. The van der Waals surface area contributed by atoms with E-state index >= 15 is 0 Å². The first-order chi connectivity index (χ1) is 8.83. The van der Waals surface area contributed by atoms with E-state index in [0.717, 1.165) is 25.5 Å². The minimum absolute atomic E-state index is 0.413. The lowest BCUT2D eigenvalue weighted by atomic mass is 10.1. The highest BCUT2D eigenvalue weighted by atomic mass is 15.3. The summed E-state index contributed by atoms with van der Waals surface area (Å²) in [5.74, 6) is 0.717. The molecule has 3 heteroatoms. The van der Waals surface area contributed by atoms with Crippen LogP contribution in [0.5, 0.6) is 0 Å². The molecule has 0 saturated carbocycles. The van der Waals surface area contributed by atoms with E-state index in [0.29, 0.717) is 6.04 Å². The van der Waals surface area contributed by atoms with Crippen LogP contribution in [0.3, 0.4) is 0 Å². The summed E-state index contributed by atoms with van der Waals surface area (Å²) in [5, 5.41) is 0. The number of unbranched alkanes of at least 4 members (excludes halogenated alkanes) is 1. The SMILES string of the molecule is CCCCN=C(N)N1CCCC1c1ccccc1. The largest absolute Gasteiger partial charge is 0.370 e. The smallest absolute Gasteiger partial charge is 0.191 e. The number of aliphatic imine (C=N–C) groups is 1. The molecule has 0 amide bonds. The Labute approximate surface area is 110 Å². The van der Waals surface area contributed by atoms with Gasteiger partial charge < -0.3 is 10.6 Å². The molecule has 0 spiro atoms. The first kappa shape index (κ1) is 12.9. The summed E-state index contributed by atoms with van der Waals surface area (Å²) in [6.07, 6.45) is 4.65. The first-order valence-electron chi connectivity index (χ1n) is 6.94. The van der Waals surface area contributed by atoms with Crippen molar-refractivity contribution in [3.63, 3.8) is 0 Å². The number of hydrogen-bond acceptors (Lipinski definition) is 1. The monoisotopic (exact) mass is 245 g/mol. The zero-order chi connectivity index (χ0) is 12.8. The Morgan fingerprint density at radius 2 is 2.17 bits per heavy atom. The topological polar surface area (TPSA) is 41.6 Å². The second kappa shape index (κ2) is 6.43. The van der Waals surface area contributed by atoms with E-state index in [1.165, 1.54) is 24.8 Å². The van der Waals surface area contributed by atoms with E-state index in [-0.39, 0.29) is 0 Å². The van der Waals surface area contributed by atoms with E-state index in [2.05, 4.69) is 47.1 Å². The lowest BCUT2D eigenvalue weighted by molar-refractivity contribution is 0.394.